The van der Waals surface area contributed by atoms with Crippen molar-refractivity contribution in [3.05, 3.63) is 70.2 Å². The van der Waals surface area contributed by atoms with E-state index in [-0.39, 0.29) is 30.0 Å². The first-order valence-electron chi connectivity index (χ1n) is 9.79. The average Bonchev–Trinajstić information content (AvgIpc) is 2.76. The van der Waals surface area contributed by atoms with E-state index in [2.05, 4.69) is 26.6 Å². The van der Waals surface area contributed by atoms with Crippen molar-refractivity contribution in [1.82, 2.24) is 15.5 Å². The summed E-state index contributed by atoms with van der Waals surface area (Å²) in [6.45, 7) is 0.970. The molecule has 0 radical (unpaired) electrons. The van der Waals surface area contributed by atoms with Crippen LogP contribution < -0.4 is 10.6 Å². The van der Waals surface area contributed by atoms with Crippen LogP contribution >= 0.6 is 28.1 Å². The number of carbonyl (C=O) groups excluding carboxylic acids is 3. The van der Waals surface area contributed by atoms with Gasteiger partial charge in [-0.05, 0) is 36.0 Å². The molecule has 0 spiro atoms. The molecule has 1 heterocycles. The fourth-order valence-corrected chi connectivity index (χ4v) is 3.89. The van der Waals surface area contributed by atoms with Crippen LogP contribution in [0, 0.1) is 0 Å². The molecule has 3 rings (SSSR count). The van der Waals surface area contributed by atoms with E-state index >= 15 is 0 Å². The quantitative estimate of drug-likeness (QED) is 0.465. The summed E-state index contributed by atoms with van der Waals surface area (Å²) in [6, 6.07) is 15.7. The number of rotatable bonds is 6. The molecule has 0 bridgehead atoms. The first-order valence-corrected chi connectivity index (χ1v) is 11.0. The minimum atomic E-state index is -0.840. The summed E-state index contributed by atoms with van der Waals surface area (Å²) in [7, 11) is 0. The van der Waals surface area contributed by atoms with Crippen molar-refractivity contribution in [1.29, 1.82) is 0 Å². The Labute approximate surface area is 194 Å². The lowest BCUT2D eigenvalue weighted by Gasteiger charge is -2.36. The van der Waals surface area contributed by atoms with Gasteiger partial charge in [0.1, 0.15) is 6.04 Å². The number of piperazine rings is 1. The van der Waals surface area contributed by atoms with E-state index in [1.807, 2.05) is 36.4 Å². The molecule has 1 aliphatic heterocycles. The Morgan fingerprint density at radius 3 is 2.71 bits per heavy atom. The molecule has 1 aliphatic rings. The lowest BCUT2D eigenvalue weighted by molar-refractivity contribution is -0.147. The second-order valence-corrected chi connectivity index (χ2v) is 8.23. The second kappa shape index (κ2) is 11.0. The number of thiocarbonyl (C=S) groups is 1. The molecule has 0 saturated carbocycles. The molecule has 2 aromatic rings. The predicted octanol–water partition coefficient (Wildman–Crippen LogP) is 2.44. The molecule has 0 aliphatic carbocycles. The van der Waals surface area contributed by atoms with Crippen LogP contribution in [0.3, 0.4) is 0 Å². The van der Waals surface area contributed by atoms with Gasteiger partial charge in [0.05, 0.1) is 13.0 Å². The average molecular weight is 504 g/mol. The van der Waals surface area contributed by atoms with Crippen LogP contribution in [0.25, 0.3) is 0 Å². The summed E-state index contributed by atoms with van der Waals surface area (Å²) in [4.78, 5) is 38.8. The normalized spacial score (nSPS) is 15.7. The van der Waals surface area contributed by atoms with Crippen LogP contribution in [0.15, 0.2) is 59.1 Å². The van der Waals surface area contributed by atoms with Crippen LogP contribution in [0.2, 0.25) is 0 Å². The van der Waals surface area contributed by atoms with E-state index in [4.69, 9.17) is 17.0 Å². The van der Waals surface area contributed by atoms with Crippen LogP contribution in [-0.2, 0) is 20.7 Å². The maximum atomic E-state index is 12.5. The fraction of sp³-hybridized carbons (Fsp3) is 0.273. The number of ether oxygens (including phenoxy) is 1. The Morgan fingerprint density at radius 2 is 1.97 bits per heavy atom. The van der Waals surface area contributed by atoms with Gasteiger partial charge in [0.2, 0.25) is 5.91 Å². The SMILES string of the molecule is O=C(CC1C(=O)NCCN1C(=S)NC(=O)c1cccc(Br)c1)OCCc1ccccc1. The number of hydrogen-bond donors (Lipinski definition) is 2. The summed E-state index contributed by atoms with van der Waals surface area (Å²) < 4.78 is 6.07. The Bertz CT molecular complexity index is 970. The second-order valence-electron chi connectivity index (χ2n) is 6.93. The Kier molecular flexibility index (Phi) is 8.13. The number of halogens is 1. The molecule has 1 fully saturated rings. The molecule has 31 heavy (non-hydrogen) atoms. The van der Waals surface area contributed by atoms with Gasteiger partial charge >= 0.3 is 5.97 Å². The first kappa shape index (κ1) is 22.9. The maximum absolute atomic E-state index is 12.5. The summed E-state index contributed by atoms with van der Waals surface area (Å²) >= 11 is 8.69. The number of nitrogens with one attached hydrogen (secondary N) is 2. The summed E-state index contributed by atoms with van der Waals surface area (Å²) in [5.41, 5.74) is 1.49. The molecule has 7 nitrogen and oxygen atoms in total. The van der Waals surface area contributed by atoms with Crippen LogP contribution in [-0.4, -0.2) is 53.5 Å². The highest BCUT2D eigenvalue weighted by Gasteiger charge is 2.34. The molecule has 9 heteroatoms. The van der Waals surface area contributed by atoms with E-state index in [1.165, 1.54) is 0 Å². The number of carbonyl (C=O) groups is 3. The third-order valence-corrected chi connectivity index (χ3v) is 5.59. The number of esters is 1. The minimum absolute atomic E-state index is 0.0990. The highest BCUT2D eigenvalue weighted by Crippen LogP contribution is 2.14. The zero-order valence-corrected chi connectivity index (χ0v) is 19.1. The largest absolute Gasteiger partial charge is 0.465 e. The fourth-order valence-electron chi connectivity index (χ4n) is 3.18. The smallest absolute Gasteiger partial charge is 0.308 e. The molecule has 2 aromatic carbocycles. The highest BCUT2D eigenvalue weighted by molar-refractivity contribution is 9.10. The monoisotopic (exact) mass is 503 g/mol. The predicted molar refractivity (Wildman–Crippen MR) is 123 cm³/mol. The lowest BCUT2D eigenvalue weighted by atomic mass is 10.1. The van der Waals surface area contributed by atoms with Crippen LogP contribution in [0.1, 0.15) is 22.3 Å². The van der Waals surface area contributed by atoms with E-state index in [0.29, 0.717) is 25.1 Å². The van der Waals surface area contributed by atoms with Crippen LogP contribution in [0.4, 0.5) is 0 Å². The molecule has 0 aromatic heterocycles. The lowest BCUT2D eigenvalue weighted by Crippen LogP contribution is -2.60. The number of benzene rings is 2. The van der Waals surface area contributed by atoms with Gasteiger partial charge in [-0.15, -0.1) is 0 Å². The van der Waals surface area contributed by atoms with E-state index in [9.17, 15) is 14.4 Å². The van der Waals surface area contributed by atoms with Gasteiger partial charge in [0.25, 0.3) is 5.91 Å². The summed E-state index contributed by atoms with van der Waals surface area (Å²) in [5, 5.41) is 5.48. The van der Waals surface area contributed by atoms with Gasteiger partial charge in [-0.2, -0.15) is 0 Å². The van der Waals surface area contributed by atoms with Crippen molar-refractivity contribution in [2.24, 2.45) is 0 Å². The third-order valence-electron chi connectivity index (χ3n) is 4.76. The Hall–Kier alpha value is -2.78. The van der Waals surface area contributed by atoms with Crippen molar-refractivity contribution in [2.75, 3.05) is 19.7 Å². The van der Waals surface area contributed by atoms with Gasteiger partial charge in [0, 0.05) is 29.5 Å². The van der Waals surface area contributed by atoms with E-state index in [1.54, 1.807) is 23.1 Å². The standard InChI is InChI=1S/C22H22BrN3O4S/c23-17-8-4-7-16(13-17)20(28)25-22(31)26-11-10-24-21(29)18(26)14-19(27)30-12-9-15-5-2-1-3-6-15/h1-8,13,18H,9-12,14H2,(H,24,29)(H,25,28,31). The van der Waals surface area contributed by atoms with Crippen molar-refractivity contribution >= 4 is 51.0 Å². The summed E-state index contributed by atoms with van der Waals surface area (Å²) in [6.07, 6.45) is 0.432. The van der Waals surface area contributed by atoms with Gasteiger partial charge in [-0.1, -0.05) is 52.3 Å². The van der Waals surface area contributed by atoms with Crippen molar-refractivity contribution in [2.45, 2.75) is 18.9 Å². The molecule has 2 N–H and O–H groups in total. The van der Waals surface area contributed by atoms with Crippen molar-refractivity contribution in [3.63, 3.8) is 0 Å². The number of amides is 2. The minimum Gasteiger partial charge on any atom is -0.465 e. The van der Waals surface area contributed by atoms with Gasteiger partial charge in [-0.3, -0.25) is 19.7 Å². The molecule has 1 atom stereocenters. The molecule has 2 amide bonds. The van der Waals surface area contributed by atoms with E-state index < -0.39 is 12.0 Å². The zero-order chi connectivity index (χ0) is 22.2. The van der Waals surface area contributed by atoms with Gasteiger partial charge in [-0.25, -0.2) is 0 Å². The molecule has 1 unspecified atom stereocenters. The Balaban J connectivity index is 1.57. The Morgan fingerprint density at radius 1 is 1.19 bits per heavy atom. The molecule has 1 saturated heterocycles. The van der Waals surface area contributed by atoms with Crippen LogP contribution in [0.5, 0.6) is 0 Å². The van der Waals surface area contributed by atoms with Crippen molar-refractivity contribution < 1.29 is 19.1 Å². The van der Waals surface area contributed by atoms with Gasteiger partial charge < -0.3 is 15.0 Å². The molecule has 162 valence electrons. The topological polar surface area (TPSA) is 87.7 Å². The zero-order valence-electron chi connectivity index (χ0n) is 16.7. The van der Waals surface area contributed by atoms with E-state index in [0.717, 1.165) is 10.0 Å². The molecular weight excluding hydrogens is 482 g/mol. The number of nitrogens with zero attached hydrogens (tertiary/aromatic N) is 1. The first-order chi connectivity index (χ1) is 14.9. The maximum Gasteiger partial charge on any atom is 0.308 e. The van der Waals surface area contributed by atoms with Gasteiger partial charge in [0.15, 0.2) is 5.11 Å². The highest BCUT2D eigenvalue weighted by atomic mass is 79.9. The number of hydrogen-bond acceptors (Lipinski definition) is 5. The summed E-state index contributed by atoms with van der Waals surface area (Å²) in [5.74, 6) is -1.21. The molecular formula is C22H22BrN3O4S. The third kappa shape index (κ3) is 6.60. The van der Waals surface area contributed by atoms with Crippen molar-refractivity contribution in [3.8, 4) is 0 Å².